The van der Waals surface area contributed by atoms with Crippen molar-refractivity contribution in [2.24, 2.45) is 5.73 Å². The minimum Gasteiger partial charge on any atom is -0.496 e. The molecule has 4 heteroatoms. The highest BCUT2D eigenvalue weighted by Crippen LogP contribution is 2.30. The Balaban J connectivity index is 2.23. The first-order valence-electron chi connectivity index (χ1n) is 5.21. The monoisotopic (exact) mass is 224 g/mol. The molecule has 0 saturated carbocycles. The second-order valence-electron chi connectivity index (χ2n) is 3.76. The van der Waals surface area contributed by atoms with E-state index in [1.165, 1.54) is 0 Å². The summed E-state index contributed by atoms with van der Waals surface area (Å²) in [4.78, 5) is 5.51. The largest absolute Gasteiger partial charge is 0.496 e. The van der Waals surface area contributed by atoms with Crippen LogP contribution < -0.4 is 5.73 Å². The summed E-state index contributed by atoms with van der Waals surface area (Å²) in [5, 5.41) is 1.06. The first kappa shape index (κ1) is 10.6. The lowest BCUT2D eigenvalue weighted by Gasteiger charge is -2.19. The van der Waals surface area contributed by atoms with Crippen molar-refractivity contribution in [3.63, 3.8) is 0 Å². The molecule has 0 radical (unpaired) electrons. The predicted molar refractivity (Wildman–Crippen MR) is 61.8 cm³/mol. The van der Waals surface area contributed by atoms with Crippen molar-refractivity contribution in [2.45, 2.75) is 32.7 Å². The van der Waals surface area contributed by atoms with E-state index < -0.39 is 0 Å². The zero-order valence-electron chi connectivity index (χ0n) is 9.12. The SMILES string of the molecule is Cc1nc(C)c(C(N)C2=CCCCO2)s1. The number of aromatic nitrogens is 1. The van der Waals surface area contributed by atoms with Gasteiger partial charge in [0.25, 0.3) is 0 Å². The molecule has 15 heavy (non-hydrogen) atoms. The zero-order chi connectivity index (χ0) is 10.8. The second-order valence-corrected chi connectivity index (χ2v) is 4.99. The summed E-state index contributed by atoms with van der Waals surface area (Å²) in [6.07, 6.45) is 4.26. The van der Waals surface area contributed by atoms with Gasteiger partial charge in [0, 0.05) is 0 Å². The van der Waals surface area contributed by atoms with Gasteiger partial charge < -0.3 is 10.5 Å². The van der Waals surface area contributed by atoms with E-state index in [9.17, 15) is 0 Å². The van der Waals surface area contributed by atoms with Gasteiger partial charge in [-0.1, -0.05) is 0 Å². The molecular formula is C11H16N2OS. The Bertz CT molecular complexity index is 384. The van der Waals surface area contributed by atoms with Gasteiger partial charge in [0.2, 0.25) is 0 Å². The quantitative estimate of drug-likeness (QED) is 0.839. The summed E-state index contributed by atoms with van der Waals surface area (Å²) in [5.74, 6) is 0.910. The van der Waals surface area contributed by atoms with Crippen LogP contribution in [0.3, 0.4) is 0 Å². The van der Waals surface area contributed by atoms with Gasteiger partial charge in [-0.3, -0.25) is 0 Å². The predicted octanol–water partition coefficient (Wildman–Crippen LogP) is 2.45. The van der Waals surface area contributed by atoms with Crippen LogP contribution in [-0.2, 0) is 4.74 Å². The van der Waals surface area contributed by atoms with Crippen LogP contribution in [0.5, 0.6) is 0 Å². The maximum absolute atomic E-state index is 6.16. The van der Waals surface area contributed by atoms with Gasteiger partial charge in [-0.25, -0.2) is 4.98 Å². The highest BCUT2D eigenvalue weighted by Gasteiger charge is 2.20. The van der Waals surface area contributed by atoms with E-state index in [0.717, 1.165) is 40.8 Å². The summed E-state index contributed by atoms with van der Waals surface area (Å²) < 4.78 is 5.57. The van der Waals surface area contributed by atoms with Crippen molar-refractivity contribution < 1.29 is 4.74 Å². The Morgan fingerprint density at radius 3 is 2.87 bits per heavy atom. The number of nitrogens with two attached hydrogens (primary N) is 1. The van der Waals surface area contributed by atoms with Crippen LogP contribution in [0.2, 0.25) is 0 Å². The Labute approximate surface area is 94.0 Å². The van der Waals surface area contributed by atoms with Crippen LogP contribution in [0.4, 0.5) is 0 Å². The topological polar surface area (TPSA) is 48.1 Å². The molecule has 2 heterocycles. The van der Waals surface area contributed by atoms with Crippen LogP contribution in [0.15, 0.2) is 11.8 Å². The van der Waals surface area contributed by atoms with Gasteiger partial charge in [-0.15, -0.1) is 11.3 Å². The van der Waals surface area contributed by atoms with Crippen molar-refractivity contribution in [3.8, 4) is 0 Å². The standard InChI is InChI=1S/C11H16N2OS/c1-7-11(15-8(2)13-7)10(12)9-5-3-4-6-14-9/h5,10H,3-4,6,12H2,1-2H3. The van der Waals surface area contributed by atoms with E-state index >= 15 is 0 Å². The lowest BCUT2D eigenvalue weighted by Crippen LogP contribution is -2.17. The van der Waals surface area contributed by atoms with Crippen LogP contribution in [0.25, 0.3) is 0 Å². The van der Waals surface area contributed by atoms with Crippen LogP contribution >= 0.6 is 11.3 Å². The third-order valence-electron chi connectivity index (χ3n) is 2.49. The molecule has 0 aliphatic carbocycles. The normalized spacial score (nSPS) is 18.2. The van der Waals surface area contributed by atoms with Gasteiger partial charge in [0.05, 0.1) is 28.2 Å². The highest BCUT2D eigenvalue weighted by molar-refractivity contribution is 7.11. The van der Waals surface area contributed by atoms with Crippen molar-refractivity contribution >= 4 is 11.3 Å². The summed E-state index contributed by atoms with van der Waals surface area (Å²) in [6, 6.07) is -0.128. The Morgan fingerprint density at radius 2 is 2.33 bits per heavy atom. The fourth-order valence-corrected chi connectivity index (χ4v) is 2.70. The van der Waals surface area contributed by atoms with Gasteiger partial charge in [0.15, 0.2) is 0 Å². The van der Waals surface area contributed by atoms with Gasteiger partial charge in [0.1, 0.15) is 5.76 Å². The van der Waals surface area contributed by atoms with Crippen LogP contribution in [0.1, 0.15) is 34.5 Å². The second kappa shape index (κ2) is 4.33. The lowest BCUT2D eigenvalue weighted by atomic mass is 10.1. The molecular weight excluding hydrogens is 208 g/mol. The molecule has 1 aromatic rings. The molecule has 1 aromatic heterocycles. The average molecular weight is 224 g/mol. The number of aryl methyl sites for hydroxylation is 2. The molecule has 2 rings (SSSR count). The molecule has 1 aliphatic rings. The number of hydrogen-bond donors (Lipinski definition) is 1. The van der Waals surface area contributed by atoms with Crippen LogP contribution in [-0.4, -0.2) is 11.6 Å². The number of thiazole rings is 1. The number of rotatable bonds is 2. The smallest absolute Gasteiger partial charge is 0.114 e. The average Bonchev–Trinajstić information content (AvgIpc) is 2.58. The molecule has 0 amide bonds. The summed E-state index contributed by atoms with van der Waals surface area (Å²) in [5.41, 5.74) is 7.19. The maximum Gasteiger partial charge on any atom is 0.114 e. The van der Waals surface area contributed by atoms with Crippen molar-refractivity contribution in [1.29, 1.82) is 0 Å². The third-order valence-corrected chi connectivity index (χ3v) is 3.65. The van der Waals surface area contributed by atoms with E-state index in [2.05, 4.69) is 11.1 Å². The molecule has 0 aromatic carbocycles. The number of hydrogen-bond acceptors (Lipinski definition) is 4. The minimum absolute atomic E-state index is 0.128. The molecule has 0 saturated heterocycles. The summed E-state index contributed by atoms with van der Waals surface area (Å²) in [6.45, 7) is 4.79. The Hall–Kier alpha value is -0.870. The number of nitrogens with zero attached hydrogens (tertiary/aromatic N) is 1. The highest BCUT2D eigenvalue weighted by atomic mass is 32.1. The maximum atomic E-state index is 6.16. The van der Waals surface area contributed by atoms with Crippen molar-refractivity contribution in [3.05, 3.63) is 27.4 Å². The molecule has 1 unspecified atom stereocenters. The number of ether oxygens (including phenoxy) is 1. The molecule has 0 fully saturated rings. The van der Waals surface area contributed by atoms with E-state index in [0.29, 0.717) is 0 Å². The van der Waals surface area contributed by atoms with E-state index in [1.807, 2.05) is 13.8 Å². The minimum atomic E-state index is -0.128. The zero-order valence-corrected chi connectivity index (χ0v) is 9.93. The first-order chi connectivity index (χ1) is 7.18. The third kappa shape index (κ3) is 2.21. The summed E-state index contributed by atoms with van der Waals surface area (Å²) in [7, 11) is 0. The Kier molecular flexibility index (Phi) is 3.07. The molecule has 2 N–H and O–H groups in total. The molecule has 1 atom stereocenters. The van der Waals surface area contributed by atoms with Gasteiger partial charge in [-0.2, -0.15) is 0 Å². The lowest BCUT2D eigenvalue weighted by molar-refractivity contribution is 0.176. The number of allylic oxidation sites excluding steroid dienone is 1. The molecule has 82 valence electrons. The fourth-order valence-electron chi connectivity index (χ4n) is 1.76. The van der Waals surface area contributed by atoms with Crippen LogP contribution in [0, 0.1) is 13.8 Å². The molecule has 0 bridgehead atoms. The fraction of sp³-hybridized carbons (Fsp3) is 0.545. The van der Waals surface area contributed by atoms with Gasteiger partial charge >= 0.3 is 0 Å². The van der Waals surface area contributed by atoms with E-state index in [1.54, 1.807) is 11.3 Å². The van der Waals surface area contributed by atoms with Gasteiger partial charge in [-0.05, 0) is 32.8 Å². The Morgan fingerprint density at radius 1 is 1.53 bits per heavy atom. The molecule has 0 spiro atoms. The van der Waals surface area contributed by atoms with Crippen molar-refractivity contribution in [1.82, 2.24) is 4.98 Å². The molecule has 1 aliphatic heterocycles. The van der Waals surface area contributed by atoms with E-state index in [-0.39, 0.29) is 6.04 Å². The van der Waals surface area contributed by atoms with Crippen molar-refractivity contribution in [2.75, 3.05) is 6.61 Å². The van der Waals surface area contributed by atoms with E-state index in [4.69, 9.17) is 10.5 Å². The first-order valence-corrected chi connectivity index (χ1v) is 6.02. The molecule has 3 nitrogen and oxygen atoms in total. The summed E-state index contributed by atoms with van der Waals surface area (Å²) >= 11 is 1.66.